The number of imide groups is 1. The van der Waals surface area contributed by atoms with Crippen molar-refractivity contribution >= 4 is 39.5 Å². The molecule has 0 spiro atoms. The monoisotopic (exact) mass is 513 g/mol. The van der Waals surface area contributed by atoms with E-state index in [0.717, 1.165) is 9.18 Å². The largest absolute Gasteiger partial charge is 0.480 e. The Hall–Kier alpha value is -2.09. The van der Waals surface area contributed by atoms with Gasteiger partial charge in [-0.3, -0.25) is 19.3 Å². The number of likely N-dealkylation sites (tertiary alicyclic amines) is 1. The number of nitrogens with zero attached hydrogens (tertiary/aromatic N) is 4. The SMILES string of the molecule is COc1cc(CNC(=O)CN(C)S(=O)(=O)N2CC[C@H]3[C@H]2[C@H](C)C(=O)N3C(=O)C2[C@@H](C)[C@H]2C)sn1. The van der Waals surface area contributed by atoms with E-state index in [0.29, 0.717) is 12.3 Å². The van der Waals surface area contributed by atoms with E-state index in [-0.39, 0.29) is 49.2 Å². The van der Waals surface area contributed by atoms with Crippen LogP contribution in [0.2, 0.25) is 0 Å². The molecule has 2 aliphatic heterocycles. The Kier molecular flexibility index (Phi) is 6.75. The zero-order valence-corrected chi connectivity index (χ0v) is 21.6. The fourth-order valence-electron chi connectivity index (χ4n) is 5.16. The summed E-state index contributed by atoms with van der Waals surface area (Å²) in [4.78, 5) is 40.5. The van der Waals surface area contributed by atoms with Crippen molar-refractivity contribution in [1.29, 1.82) is 0 Å². The molecule has 1 aromatic rings. The highest BCUT2D eigenvalue weighted by atomic mass is 32.2. The summed E-state index contributed by atoms with van der Waals surface area (Å²) in [5.74, 6) is -0.848. The van der Waals surface area contributed by atoms with Gasteiger partial charge in [-0.25, -0.2) is 0 Å². The van der Waals surface area contributed by atoms with Gasteiger partial charge in [-0.05, 0) is 29.8 Å². The molecule has 1 aromatic heterocycles. The van der Waals surface area contributed by atoms with Crippen molar-refractivity contribution in [2.45, 2.75) is 45.8 Å². The molecule has 1 saturated carbocycles. The van der Waals surface area contributed by atoms with E-state index < -0.39 is 34.1 Å². The number of hydrogen-bond donors (Lipinski definition) is 1. The lowest BCUT2D eigenvalue weighted by Crippen LogP contribution is -2.50. The van der Waals surface area contributed by atoms with Crippen LogP contribution in [0.5, 0.6) is 5.88 Å². The first-order valence-corrected chi connectivity index (χ1v) is 13.5. The molecule has 3 heterocycles. The standard InChI is InChI=1S/C21H31N5O6S2/c1-11-12(2)18(11)21(29)26-15-6-7-25(19(15)13(3)20(26)28)34(30,31)24(4)10-16(27)22-9-14-8-17(32-5)23-33-14/h8,11-13,15,18-19H,6-7,9-10H2,1-5H3,(H,22,27)/t11-,12+,13-,15-,18?,19+/m0/s1. The molecule has 2 saturated heterocycles. The Morgan fingerprint density at radius 1 is 1.29 bits per heavy atom. The zero-order valence-electron chi connectivity index (χ0n) is 19.9. The van der Waals surface area contributed by atoms with Crippen molar-refractivity contribution in [3.8, 4) is 5.88 Å². The highest BCUT2D eigenvalue weighted by molar-refractivity contribution is 7.86. The van der Waals surface area contributed by atoms with E-state index in [1.54, 1.807) is 13.0 Å². The Balaban J connectivity index is 1.40. The number of amides is 3. The van der Waals surface area contributed by atoms with Gasteiger partial charge in [0.15, 0.2) is 0 Å². The molecule has 4 rings (SSSR count). The molecule has 188 valence electrons. The lowest BCUT2D eigenvalue weighted by atomic mass is 10.0. The van der Waals surface area contributed by atoms with Crippen molar-refractivity contribution in [3.05, 3.63) is 10.9 Å². The number of methoxy groups -OCH3 is 1. The van der Waals surface area contributed by atoms with Crippen LogP contribution in [-0.4, -0.2) is 83.4 Å². The fourth-order valence-corrected chi connectivity index (χ4v) is 7.39. The van der Waals surface area contributed by atoms with Gasteiger partial charge in [-0.15, -0.1) is 0 Å². The highest BCUT2D eigenvalue weighted by Gasteiger charge is 2.60. The van der Waals surface area contributed by atoms with Gasteiger partial charge in [0.05, 0.1) is 38.2 Å². The lowest BCUT2D eigenvalue weighted by Gasteiger charge is -2.29. The molecule has 3 aliphatic rings. The Morgan fingerprint density at radius 2 is 1.97 bits per heavy atom. The Morgan fingerprint density at radius 3 is 2.56 bits per heavy atom. The number of aromatic nitrogens is 1. The summed E-state index contributed by atoms with van der Waals surface area (Å²) < 4.78 is 38.0. The smallest absolute Gasteiger partial charge is 0.282 e. The van der Waals surface area contributed by atoms with Gasteiger partial charge in [-0.2, -0.15) is 21.4 Å². The maximum Gasteiger partial charge on any atom is 0.282 e. The first-order valence-electron chi connectivity index (χ1n) is 11.3. The van der Waals surface area contributed by atoms with Crippen LogP contribution in [0, 0.1) is 23.7 Å². The Labute approximate surface area is 203 Å². The van der Waals surface area contributed by atoms with Gasteiger partial charge < -0.3 is 10.1 Å². The number of carbonyl (C=O) groups is 3. The van der Waals surface area contributed by atoms with Crippen molar-refractivity contribution in [1.82, 2.24) is 23.2 Å². The summed E-state index contributed by atoms with van der Waals surface area (Å²) >= 11 is 1.19. The summed E-state index contributed by atoms with van der Waals surface area (Å²) in [5, 5.41) is 2.69. The van der Waals surface area contributed by atoms with E-state index in [4.69, 9.17) is 4.74 Å². The second kappa shape index (κ2) is 9.17. The second-order valence-corrected chi connectivity index (χ2v) is 12.3. The molecule has 13 heteroatoms. The average Bonchev–Trinajstić information content (AvgIpc) is 3.22. The predicted molar refractivity (Wildman–Crippen MR) is 124 cm³/mol. The number of rotatable bonds is 8. The predicted octanol–water partition coefficient (Wildman–Crippen LogP) is 0.294. The summed E-state index contributed by atoms with van der Waals surface area (Å²) in [6, 6.07) is 0.610. The van der Waals surface area contributed by atoms with E-state index in [9.17, 15) is 22.8 Å². The summed E-state index contributed by atoms with van der Waals surface area (Å²) in [7, 11) is -1.17. The summed E-state index contributed by atoms with van der Waals surface area (Å²) in [6.45, 7) is 5.70. The topological polar surface area (TPSA) is 129 Å². The molecule has 3 fully saturated rings. The molecule has 3 amide bonds. The molecule has 11 nitrogen and oxygen atoms in total. The fraction of sp³-hybridized carbons (Fsp3) is 0.714. The third-order valence-electron chi connectivity index (χ3n) is 7.45. The number of fused-ring (bicyclic) bond motifs is 1. The molecule has 1 N–H and O–H groups in total. The van der Waals surface area contributed by atoms with E-state index in [2.05, 4.69) is 9.69 Å². The van der Waals surface area contributed by atoms with Crippen molar-refractivity contribution in [3.63, 3.8) is 0 Å². The van der Waals surface area contributed by atoms with Crippen molar-refractivity contribution in [2.24, 2.45) is 23.7 Å². The van der Waals surface area contributed by atoms with E-state index in [1.165, 1.54) is 34.9 Å². The van der Waals surface area contributed by atoms with Crippen LogP contribution in [0.15, 0.2) is 6.07 Å². The summed E-state index contributed by atoms with van der Waals surface area (Å²) in [6.07, 6.45) is 0.397. The van der Waals surface area contributed by atoms with Gasteiger partial charge >= 0.3 is 0 Å². The zero-order chi connectivity index (χ0) is 24.9. The molecule has 34 heavy (non-hydrogen) atoms. The van der Waals surface area contributed by atoms with Crippen LogP contribution < -0.4 is 10.1 Å². The number of likely N-dealkylation sites (N-methyl/N-ethyl adjacent to an activating group) is 1. The minimum Gasteiger partial charge on any atom is -0.480 e. The molecule has 0 bridgehead atoms. The molecular formula is C21H31N5O6S2. The quantitative estimate of drug-likeness (QED) is 0.495. The highest BCUT2D eigenvalue weighted by Crippen LogP contribution is 2.49. The van der Waals surface area contributed by atoms with Gasteiger partial charge in [0.1, 0.15) is 0 Å². The van der Waals surface area contributed by atoms with Crippen LogP contribution in [0.4, 0.5) is 0 Å². The minimum atomic E-state index is -4.02. The maximum absolute atomic E-state index is 13.3. The molecular weight excluding hydrogens is 482 g/mol. The lowest BCUT2D eigenvalue weighted by molar-refractivity contribution is -0.146. The first kappa shape index (κ1) is 25.0. The van der Waals surface area contributed by atoms with Crippen LogP contribution in [0.25, 0.3) is 0 Å². The molecule has 6 atom stereocenters. The number of carbonyl (C=O) groups excluding carboxylic acids is 3. The third-order valence-corrected chi connectivity index (χ3v) is 10.2. The molecule has 0 radical (unpaired) electrons. The van der Waals surface area contributed by atoms with Crippen LogP contribution >= 0.6 is 11.5 Å². The van der Waals surface area contributed by atoms with Crippen LogP contribution in [0.1, 0.15) is 32.1 Å². The maximum atomic E-state index is 13.3. The molecule has 1 aliphatic carbocycles. The van der Waals surface area contributed by atoms with E-state index >= 15 is 0 Å². The number of nitrogens with one attached hydrogen (secondary N) is 1. The van der Waals surface area contributed by atoms with Gasteiger partial charge in [-0.1, -0.05) is 20.8 Å². The first-order chi connectivity index (χ1) is 16.0. The normalized spacial score (nSPS) is 31.1. The Bertz CT molecular complexity index is 1080. The molecule has 0 aromatic carbocycles. The third kappa shape index (κ3) is 4.23. The van der Waals surface area contributed by atoms with Crippen molar-refractivity contribution < 1.29 is 27.5 Å². The molecule has 1 unspecified atom stereocenters. The van der Waals surface area contributed by atoms with Crippen molar-refractivity contribution in [2.75, 3.05) is 27.2 Å². The minimum absolute atomic E-state index is 0.176. The number of ether oxygens (including phenoxy) is 1. The second-order valence-electron chi connectivity index (χ2n) is 9.41. The van der Waals surface area contributed by atoms with E-state index in [1.807, 2.05) is 13.8 Å². The van der Waals surface area contributed by atoms with Crippen LogP contribution in [0.3, 0.4) is 0 Å². The number of hydrogen-bond acceptors (Lipinski definition) is 8. The summed E-state index contributed by atoms with van der Waals surface area (Å²) in [5.41, 5.74) is 0. The van der Waals surface area contributed by atoms with Gasteiger partial charge in [0, 0.05) is 30.5 Å². The van der Waals surface area contributed by atoms with Gasteiger partial charge in [0.25, 0.3) is 10.2 Å². The van der Waals surface area contributed by atoms with Crippen LogP contribution in [-0.2, 0) is 31.1 Å². The average molecular weight is 514 g/mol. The van der Waals surface area contributed by atoms with Gasteiger partial charge in [0.2, 0.25) is 23.6 Å².